The van der Waals surface area contributed by atoms with E-state index < -0.39 is 23.6 Å². The van der Waals surface area contributed by atoms with E-state index >= 15 is 0 Å². The van der Waals surface area contributed by atoms with E-state index in [-0.39, 0.29) is 18.4 Å². The first kappa shape index (κ1) is 22.4. The first-order chi connectivity index (χ1) is 16.4. The Bertz CT molecular complexity index is 1080. The average Bonchev–Trinajstić information content (AvgIpc) is 3.57. The molecule has 8 heteroatoms. The summed E-state index contributed by atoms with van der Waals surface area (Å²) in [6, 6.07) is 15.7. The molecule has 0 radical (unpaired) electrons. The number of nitrogens with zero attached hydrogens (tertiary/aromatic N) is 2. The van der Waals surface area contributed by atoms with Crippen molar-refractivity contribution in [3.8, 4) is 11.1 Å². The lowest BCUT2D eigenvalue weighted by atomic mass is 9.98. The van der Waals surface area contributed by atoms with E-state index in [1.165, 1.54) is 0 Å². The van der Waals surface area contributed by atoms with Crippen molar-refractivity contribution in [2.75, 3.05) is 32.8 Å². The van der Waals surface area contributed by atoms with Gasteiger partial charge in [-0.2, -0.15) is 0 Å². The van der Waals surface area contributed by atoms with Crippen molar-refractivity contribution in [2.24, 2.45) is 0 Å². The summed E-state index contributed by atoms with van der Waals surface area (Å²) < 4.78 is 5.63. The fourth-order valence-electron chi connectivity index (χ4n) is 5.12. The number of nitrogens with one attached hydrogen (secondary N) is 1. The van der Waals surface area contributed by atoms with Crippen LogP contribution in [0.3, 0.4) is 0 Å². The number of hydrogen-bond acceptors (Lipinski definition) is 5. The monoisotopic (exact) mass is 463 g/mol. The highest BCUT2D eigenvalue weighted by Crippen LogP contribution is 2.44. The van der Waals surface area contributed by atoms with E-state index in [9.17, 15) is 19.5 Å². The molecule has 0 bridgehead atoms. The second-order valence-corrected chi connectivity index (χ2v) is 9.38. The molecule has 2 amide bonds. The van der Waals surface area contributed by atoms with E-state index in [1.807, 2.05) is 29.2 Å². The van der Waals surface area contributed by atoms with Gasteiger partial charge in [0.15, 0.2) is 0 Å². The SMILES string of the molecule is CC(C(=O)O)N1CCN(C(=O)C2(NC(=O)OCC3c4ccccc4-c4ccccc43)CC2)CC1. The molecule has 34 heavy (non-hydrogen) atoms. The Morgan fingerprint density at radius 3 is 2.09 bits per heavy atom. The fourth-order valence-corrected chi connectivity index (χ4v) is 5.12. The molecule has 1 atom stereocenters. The Hall–Kier alpha value is -3.39. The molecule has 2 aliphatic carbocycles. The number of benzene rings is 2. The van der Waals surface area contributed by atoms with E-state index in [0.717, 1.165) is 22.3 Å². The number of amides is 2. The number of alkyl carbamates (subject to hydrolysis) is 1. The number of carbonyl (C=O) groups is 3. The third-order valence-electron chi connectivity index (χ3n) is 7.35. The van der Waals surface area contributed by atoms with Crippen molar-refractivity contribution in [1.82, 2.24) is 15.1 Å². The van der Waals surface area contributed by atoms with Gasteiger partial charge in [-0.05, 0) is 42.0 Å². The number of ether oxygens (including phenoxy) is 1. The summed E-state index contributed by atoms with van der Waals surface area (Å²) >= 11 is 0. The van der Waals surface area contributed by atoms with Crippen LogP contribution >= 0.6 is 0 Å². The molecule has 1 heterocycles. The minimum Gasteiger partial charge on any atom is -0.480 e. The molecule has 0 spiro atoms. The molecular weight excluding hydrogens is 434 g/mol. The van der Waals surface area contributed by atoms with E-state index in [0.29, 0.717) is 39.0 Å². The van der Waals surface area contributed by atoms with Gasteiger partial charge in [0.25, 0.3) is 0 Å². The van der Waals surface area contributed by atoms with Gasteiger partial charge in [-0.3, -0.25) is 14.5 Å². The van der Waals surface area contributed by atoms with Gasteiger partial charge in [0, 0.05) is 32.1 Å². The van der Waals surface area contributed by atoms with Gasteiger partial charge < -0.3 is 20.1 Å². The second-order valence-electron chi connectivity index (χ2n) is 9.38. The van der Waals surface area contributed by atoms with Crippen LogP contribution in [0.25, 0.3) is 11.1 Å². The molecule has 1 saturated heterocycles. The summed E-state index contributed by atoms with van der Waals surface area (Å²) in [5.41, 5.74) is 3.71. The molecule has 1 unspecified atom stereocenters. The van der Waals surface area contributed by atoms with Crippen molar-refractivity contribution >= 4 is 18.0 Å². The summed E-state index contributed by atoms with van der Waals surface area (Å²) in [5, 5.41) is 12.0. The molecule has 2 N–H and O–H groups in total. The number of piperazine rings is 1. The number of carboxylic acids is 1. The third-order valence-corrected chi connectivity index (χ3v) is 7.35. The minimum absolute atomic E-state index is 0.0340. The summed E-state index contributed by atoms with van der Waals surface area (Å²) in [6.45, 7) is 3.76. The molecule has 2 fully saturated rings. The molecule has 178 valence electrons. The van der Waals surface area contributed by atoms with E-state index in [4.69, 9.17) is 4.74 Å². The molecule has 3 aliphatic rings. The maximum absolute atomic E-state index is 13.1. The van der Waals surface area contributed by atoms with Crippen LogP contribution in [0.5, 0.6) is 0 Å². The topological polar surface area (TPSA) is 99.2 Å². The van der Waals surface area contributed by atoms with Crippen molar-refractivity contribution in [1.29, 1.82) is 0 Å². The van der Waals surface area contributed by atoms with Crippen molar-refractivity contribution < 1.29 is 24.2 Å². The van der Waals surface area contributed by atoms with Crippen molar-refractivity contribution in [2.45, 2.75) is 37.3 Å². The predicted octanol–water partition coefficient (Wildman–Crippen LogP) is 2.68. The van der Waals surface area contributed by atoms with Crippen LogP contribution in [0, 0.1) is 0 Å². The van der Waals surface area contributed by atoms with Crippen molar-refractivity contribution in [3.63, 3.8) is 0 Å². The van der Waals surface area contributed by atoms with E-state index in [2.05, 4.69) is 29.6 Å². The smallest absolute Gasteiger partial charge is 0.408 e. The highest BCUT2D eigenvalue weighted by molar-refractivity contribution is 5.93. The molecule has 2 aromatic rings. The van der Waals surface area contributed by atoms with Crippen molar-refractivity contribution in [3.05, 3.63) is 59.7 Å². The molecular formula is C26H29N3O5. The highest BCUT2D eigenvalue weighted by atomic mass is 16.5. The Morgan fingerprint density at radius 2 is 1.56 bits per heavy atom. The average molecular weight is 464 g/mol. The molecule has 8 nitrogen and oxygen atoms in total. The van der Waals surface area contributed by atoms with Gasteiger partial charge in [0.2, 0.25) is 5.91 Å². The number of rotatable bonds is 6. The normalized spacial score (nSPS) is 19.6. The molecule has 5 rings (SSSR count). The van der Waals surface area contributed by atoms with Crippen LogP contribution in [0.2, 0.25) is 0 Å². The maximum atomic E-state index is 13.1. The molecule has 0 aromatic heterocycles. The summed E-state index contributed by atoms with van der Waals surface area (Å²) in [5.74, 6) is -1.01. The fraction of sp³-hybridized carbons (Fsp3) is 0.423. The highest BCUT2D eigenvalue weighted by Gasteiger charge is 2.53. The summed E-state index contributed by atoms with van der Waals surface area (Å²) in [7, 11) is 0. The van der Waals surface area contributed by atoms with Crippen LogP contribution in [0.4, 0.5) is 4.79 Å². The number of hydrogen-bond donors (Lipinski definition) is 2. The Morgan fingerprint density at radius 1 is 1.00 bits per heavy atom. The minimum atomic E-state index is -0.900. The molecule has 1 saturated carbocycles. The first-order valence-corrected chi connectivity index (χ1v) is 11.8. The lowest BCUT2D eigenvalue weighted by Gasteiger charge is -2.38. The quantitative estimate of drug-likeness (QED) is 0.684. The second kappa shape index (κ2) is 8.76. The van der Waals surface area contributed by atoms with Crippen LogP contribution in [0.1, 0.15) is 36.8 Å². The maximum Gasteiger partial charge on any atom is 0.408 e. The zero-order valence-corrected chi connectivity index (χ0v) is 19.2. The summed E-state index contributed by atoms with van der Waals surface area (Å²) in [4.78, 5) is 40.6. The van der Waals surface area contributed by atoms with Gasteiger partial charge >= 0.3 is 12.1 Å². The predicted molar refractivity (Wildman–Crippen MR) is 125 cm³/mol. The van der Waals surface area contributed by atoms with Crippen LogP contribution < -0.4 is 5.32 Å². The van der Waals surface area contributed by atoms with Crippen LogP contribution in [0.15, 0.2) is 48.5 Å². The van der Waals surface area contributed by atoms with Gasteiger partial charge in [0.1, 0.15) is 18.2 Å². The number of carboxylic acid groups (broad SMARTS) is 1. The largest absolute Gasteiger partial charge is 0.480 e. The Balaban J connectivity index is 1.18. The standard InChI is InChI=1S/C26H29N3O5/c1-17(23(30)31)28-12-14-29(15-13-28)24(32)26(10-11-26)27-25(33)34-16-22-20-8-4-2-6-18(20)19-7-3-5-9-21(19)22/h2-9,17,22H,10-16H2,1H3,(H,27,33)(H,30,31). The van der Waals surface area contributed by atoms with Gasteiger partial charge in [0.05, 0.1) is 0 Å². The zero-order valence-electron chi connectivity index (χ0n) is 19.2. The number of aliphatic carboxylic acids is 1. The first-order valence-electron chi connectivity index (χ1n) is 11.8. The third kappa shape index (κ3) is 4.03. The lowest BCUT2D eigenvalue weighted by Crippen LogP contribution is -2.58. The summed E-state index contributed by atoms with van der Waals surface area (Å²) in [6.07, 6.45) is 0.592. The molecule has 2 aromatic carbocycles. The zero-order chi connectivity index (χ0) is 23.9. The Labute approximate surface area is 198 Å². The van der Waals surface area contributed by atoms with Gasteiger partial charge in [-0.25, -0.2) is 4.79 Å². The number of carbonyl (C=O) groups excluding carboxylic acids is 2. The lowest BCUT2D eigenvalue weighted by molar-refractivity contribution is -0.144. The number of fused-ring (bicyclic) bond motifs is 3. The Kier molecular flexibility index (Phi) is 5.77. The molecule has 1 aliphatic heterocycles. The van der Waals surface area contributed by atoms with Crippen LogP contribution in [-0.4, -0.2) is 77.2 Å². The van der Waals surface area contributed by atoms with Gasteiger partial charge in [-0.1, -0.05) is 48.5 Å². The van der Waals surface area contributed by atoms with E-state index in [1.54, 1.807) is 11.8 Å². The van der Waals surface area contributed by atoms with Gasteiger partial charge in [-0.15, -0.1) is 0 Å². The van der Waals surface area contributed by atoms with Crippen LogP contribution in [-0.2, 0) is 14.3 Å².